The minimum Gasteiger partial charge on any atom is -0.497 e. The molecule has 0 spiro atoms. The Labute approximate surface area is 283 Å². The summed E-state index contributed by atoms with van der Waals surface area (Å²) in [7, 11) is 3.21. The molecule has 0 N–H and O–H groups in total. The number of nitrogens with zero attached hydrogens (tertiary/aromatic N) is 4. The van der Waals surface area contributed by atoms with E-state index in [9.17, 15) is 9.59 Å². The average Bonchev–Trinajstić information content (AvgIpc) is 3.55. The zero-order valence-corrected chi connectivity index (χ0v) is 28.2. The third-order valence-electron chi connectivity index (χ3n) is 7.51. The first kappa shape index (κ1) is 31.2. The molecule has 0 bridgehead atoms. The van der Waals surface area contributed by atoms with Crippen LogP contribution >= 0.6 is 31.9 Å². The Kier molecular flexibility index (Phi) is 9.28. The first-order valence-corrected chi connectivity index (χ1v) is 16.0. The van der Waals surface area contributed by atoms with E-state index in [0.717, 1.165) is 42.7 Å². The van der Waals surface area contributed by atoms with Crippen LogP contribution in [0, 0.1) is 0 Å². The number of carbonyl (C=O) groups excluding carboxylic acids is 2. The van der Waals surface area contributed by atoms with E-state index in [1.807, 2.05) is 97.1 Å². The van der Waals surface area contributed by atoms with Crippen LogP contribution < -0.4 is 9.47 Å². The maximum atomic E-state index is 13.9. The molecule has 0 saturated carbocycles. The van der Waals surface area contributed by atoms with Crippen molar-refractivity contribution in [2.45, 2.75) is 0 Å². The maximum absolute atomic E-state index is 13.9. The van der Waals surface area contributed by atoms with Crippen LogP contribution in [0.1, 0.15) is 22.3 Å². The van der Waals surface area contributed by atoms with Gasteiger partial charge in [-0.3, -0.25) is 19.4 Å². The van der Waals surface area contributed by atoms with Gasteiger partial charge in [-0.1, -0.05) is 92.5 Å². The fraction of sp³-hybridized carbons (Fsp3) is 0.111. The molecule has 0 aliphatic carbocycles. The lowest BCUT2D eigenvalue weighted by Gasteiger charge is -2.24. The fourth-order valence-electron chi connectivity index (χ4n) is 5.13. The summed E-state index contributed by atoms with van der Waals surface area (Å²) >= 11 is 7.25. The molecule has 4 aromatic rings. The van der Waals surface area contributed by atoms with E-state index >= 15 is 0 Å². The number of rotatable bonds is 9. The molecule has 2 amide bonds. The smallest absolute Gasteiger partial charge is 0.278 e. The molecule has 2 aliphatic rings. The van der Waals surface area contributed by atoms with Crippen molar-refractivity contribution in [2.75, 3.05) is 27.3 Å². The third-order valence-corrected chi connectivity index (χ3v) is 8.89. The van der Waals surface area contributed by atoms with Crippen LogP contribution in [-0.2, 0) is 9.59 Å². The van der Waals surface area contributed by atoms with Crippen molar-refractivity contribution >= 4 is 67.5 Å². The van der Waals surface area contributed by atoms with Crippen LogP contribution in [-0.4, -0.2) is 60.6 Å². The lowest BCUT2D eigenvalue weighted by Crippen LogP contribution is -2.43. The minimum atomic E-state index is -0.262. The molecule has 6 rings (SSSR count). The minimum absolute atomic E-state index is 0.185. The van der Waals surface area contributed by atoms with Gasteiger partial charge in [-0.25, -0.2) is 9.98 Å². The van der Waals surface area contributed by atoms with Gasteiger partial charge in [0.1, 0.15) is 34.6 Å². The number of amidine groups is 2. The van der Waals surface area contributed by atoms with Crippen molar-refractivity contribution in [3.8, 4) is 11.5 Å². The monoisotopic (exact) mass is 738 g/mol. The molecule has 0 aromatic heterocycles. The molecule has 0 saturated heterocycles. The number of halogens is 2. The molecule has 0 unspecified atom stereocenters. The van der Waals surface area contributed by atoms with E-state index in [1.165, 1.54) is 0 Å². The van der Waals surface area contributed by atoms with E-state index in [4.69, 9.17) is 19.5 Å². The van der Waals surface area contributed by atoms with Gasteiger partial charge < -0.3 is 9.47 Å². The van der Waals surface area contributed by atoms with Gasteiger partial charge in [0.2, 0.25) is 0 Å². The third kappa shape index (κ3) is 6.45. The summed E-state index contributed by atoms with van der Waals surface area (Å²) in [5.41, 5.74) is 3.75. The number of hydrogen-bond donors (Lipinski definition) is 0. The summed E-state index contributed by atoms with van der Waals surface area (Å²) in [4.78, 5) is 40.6. The zero-order valence-electron chi connectivity index (χ0n) is 25.0. The highest BCUT2D eigenvalue weighted by Gasteiger charge is 2.36. The standard InChI is InChI=1S/C36H28Br2N4O4/c1-45-25-15-11-23(12-16-25)21-31-35(43)41(33(39-31)27-7-3-5-9-29(27)37)19-20-42-34(28-8-4-6-10-30(28)38)40-32(36(42)44)22-24-13-17-26(46-2)18-14-24/h3-18,21-22H,19-20H2,1-2H3. The summed E-state index contributed by atoms with van der Waals surface area (Å²) in [5, 5.41) is 0. The number of ether oxygens (including phenoxy) is 2. The Morgan fingerprint density at radius 1 is 0.587 bits per heavy atom. The summed E-state index contributed by atoms with van der Waals surface area (Å²) in [6.45, 7) is 0.369. The SMILES string of the molecule is COc1ccc(C=C2N=C(c3ccccc3Br)N(CCN3C(=O)C(=Cc4ccc(OC)cc4)N=C3c3ccccc3Br)C2=O)cc1. The molecular weight excluding hydrogens is 712 g/mol. The Balaban J connectivity index is 1.33. The number of methoxy groups -OCH3 is 2. The molecule has 46 heavy (non-hydrogen) atoms. The number of carbonyl (C=O) groups is 2. The van der Waals surface area contributed by atoms with Gasteiger partial charge in [0.25, 0.3) is 11.8 Å². The molecule has 0 atom stereocenters. The number of aliphatic imine (C=N–C) groups is 2. The first-order chi connectivity index (χ1) is 22.4. The summed E-state index contributed by atoms with van der Waals surface area (Å²) in [6, 6.07) is 30.1. The van der Waals surface area contributed by atoms with Gasteiger partial charge >= 0.3 is 0 Å². The largest absolute Gasteiger partial charge is 0.497 e. The van der Waals surface area contributed by atoms with Crippen LogP contribution in [0.5, 0.6) is 11.5 Å². The van der Waals surface area contributed by atoms with Crippen molar-refractivity contribution in [1.82, 2.24) is 9.80 Å². The lowest BCUT2D eigenvalue weighted by molar-refractivity contribution is -0.125. The van der Waals surface area contributed by atoms with E-state index in [-0.39, 0.29) is 24.9 Å². The van der Waals surface area contributed by atoms with Crippen LogP contribution in [0.4, 0.5) is 0 Å². The van der Waals surface area contributed by atoms with E-state index < -0.39 is 0 Å². The number of benzene rings is 4. The Morgan fingerprint density at radius 2 is 0.957 bits per heavy atom. The quantitative estimate of drug-likeness (QED) is 0.170. The van der Waals surface area contributed by atoms with Crippen LogP contribution in [0.15, 0.2) is 127 Å². The highest BCUT2D eigenvalue weighted by molar-refractivity contribution is 9.10. The predicted octanol–water partition coefficient (Wildman–Crippen LogP) is 7.19. The van der Waals surface area contributed by atoms with Gasteiger partial charge in [0.15, 0.2) is 0 Å². The van der Waals surface area contributed by atoms with Gasteiger partial charge in [-0.05, 0) is 59.7 Å². The predicted molar refractivity (Wildman–Crippen MR) is 187 cm³/mol. The second-order valence-corrected chi connectivity index (χ2v) is 12.1. The molecule has 230 valence electrons. The van der Waals surface area contributed by atoms with E-state index in [0.29, 0.717) is 23.1 Å². The average molecular weight is 740 g/mol. The van der Waals surface area contributed by atoms with Crippen molar-refractivity contribution in [3.05, 3.63) is 140 Å². The first-order valence-electron chi connectivity index (χ1n) is 14.4. The summed E-state index contributed by atoms with van der Waals surface area (Å²) in [6.07, 6.45) is 3.51. The van der Waals surface area contributed by atoms with E-state index in [1.54, 1.807) is 36.2 Å². The second-order valence-electron chi connectivity index (χ2n) is 10.3. The normalized spacial score (nSPS) is 16.3. The zero-order chi connectivity index (χ0) is 32.2. The molecule has 8 nitrogen and oxygen atoms in total. The van der Waals surface area contributed by atoms with Gasteiger partial charge in [0, 0.05) is 33.2 Å². The number of amides is 2. The molecular formula is C36H28Br2N4O4. The number of hydrogen-bond acceptors (Lipinski definition) is 6. The molecule has 2 aliphatic heterocycles. The lowest BCUT2D eigenvalue weighted by atomic mass is 10.1. The highest BCUT2D eigenvalue weighted by atomic mass is 79.9. The Hall–Kier alpha value is -4.80. The van der Waals surface area contributed by atoms with Crippen molar-refractivity contribution in [1.29, 1.82) is 0 Å². The van der Waals surface area contributed by atoms with E-state index in [2.05, 4.69) is 31.9 Å². The maximum Gasteiger partial charge on any atom is 0.278 e. The van der Waals surface area contributed by atoms with Crippen LogP contribution in [0.3, 0.4) is 0 Å². The topological polar surface area (TPSA) is 83.8 Å². The Bertz CT molecular complexity index is 1790. The second kappa shape index (κ2) is 13.7. The Morgan fingerprint density at radius 3 is 1.30 bits per heavy atom. The molecule has 0 radical (unpaired) electrons. The highest BCUT2D eigenvalue weighted by Crippen LogP contribution is 2.29. The summed E-state index contributed by atoms with van der Waals surface area (Å²) in [5.74, 6) is 1.91. The van der Waals surface area contributed by atoms with Gasteiger partial charge in [-0.15, -0.1) is 0 Å². The van der Waals surface area contributed by atoms with Crippen molar-refractivity contribution in [3.63, 3.8) is 0 Å². The molecule has 10 heteroatoms. The van der Waals surface area contributed by atoms with Crippen LogP contribution in [0.2, 0.25) is 0 Å². The fourth-order valence-corrected chi connectivity index (χ4v) is 6.05. The van der Waals surface area contributed by atoms with Crippen molar-refractivity contribution < 1.29 is 19.1 Å². The van der Waals surface area contributed by atoms with Crippen LogP contribution in [0.25, 0.3) is 12.2 Å². The van der Waals surface area contributed by atoms with Gasteiger partial charge in [0.05, 0.1) is 14.2 Å². The molecule has 2 heterocycles. The summed E-state index contributed by atoms with van der Waals surface area (Å²) < 4.78 is 12.1. The molecule has 0 fully saturated rings. The van der Waals surface area contributed by atoms with Crippen molar-refractivity contribution in [2.24, 2.45) is 9.98 Å². The van der Waals surface area contributed by atoms with Gasteiger partial charge in [-0.2, -0.15) is 0 Å². The molecule has 4 aromatic carbocycles.